The van der Waals surface area contributed by atoms with Crippen molar-refractivity contribution in [3.8, 4) is 0 Å². The molecule has 0 amide bonds. The van der Waals surface area contributed by atoms with Crippen LogP contribution < -0.4 is 4.57 Å². The Morgan fingerprint density at radius 1 is 1.25 bits per heavy atom. The van der Waals surface area contributed by atoms with Gasteiger partial charge in [0.25, 0.3) is 0 Å². The van der Waals surface area contributed by atoms with E-state index in [1.807, 2.05) is 42.1 Å². The molecule has 2 nitrogen and oxygen atoms in total. The fourth-order valence-corrected chi connectivity index (χ4v) is 1.10. The van der Waals surface area contributed by atoms with Crippen LogP contribution in [0, 0.1) is 0 Å². The van der Waals surface area contributed by atoms with Crippen LogP contribution in [0.1, 0.15) is 19.8 Å². The van der Waals surface area contributed by atoms with Gasteiger partial charge >= 0.3 is 0 Å². The van der Waals surface area contributed by atoms with E-state index in [-0.39, 0.29) is 0 Å². The van der Waals surface area contributed by atoms with Crippen LogP contribution in [-0.2, 0) is 11.3 Å². The molecule has 12 heavy (non-hydrogen) atoms. The zero-order chi connectivity index (χ0) is 8.81. The van der Waals surface area contributed by atoms with Gasteiger partial charge in [-0.2, -0.15) is 4.57 Å². The van der Waals surface area contributed by atoms with Crippen LogP contribution in [-0.4, -0.2) is 5.78 Å². The molecule has 0 bridgehead atoms. The number of aromatic nitrogens is 1. The number of rotatable bonds is 4. The summed E-state index contributed by atoms with van der Waals surface area (Å²) in [5, 5.41) is 0. The van der Waals surface area contributed by atoms with Crippen molar-refractivity contribution in [2.45, 2.75) is 26.3 Å². The monoisotopic (exact) mass is 164 g/mol. The summed E-state index contributed by atoms with van der Waals surface area (Å²) < 4.78 is 1.90. The van der Waals surface area contributed by atoms with E-state index in [2.05, 4.69) is 0 Å². The predicted molar refractivity (Wildman–Crippen MR) is 46.6 cm³/mol. The summed E-state index contributed by atoms with van der Waals surface area (Å²) >= 11 is 0. The van der Waals surface area contributed by atoms with Gasteiger partial charge in [-0.25, -0.2) is 0 Å². The third-order valence-electron chi connectivity index (χ3n) is 1.67. The fraction of sp³-hybridized carbons (Fsp3) is 0.400. The quantitative estimate of drug-likeness (QED) is 0.615. The lowest BCUT2D eigenvalue weighted by Crippen LogP contribution is -2.36. The molecular formula is C10H14NO+. The lowest BCUT2D eigenvalue weighted by molar-refractivity contribution is -0.684. The van der Waals surface area contributed by atoms with Crippen LogP contribution in [0.15, 0.2) is 30.6 Å². The van der Waals surface area contributed by atoms with E-state index in [0.717, 1.165) is 6.42 Å². The van der Waals surface area contributed by atoms with Crippen molar-refractivity contribution in [3.63, 3.8) is 0 Å². The van der Waals surface area contributed by atoms with Gasteiger partial charge in [0.1, 0.15) is 0 Å². The number of hydrogen-bond acceptors (Lipinski definition) is 1. The highest BCUT2D eigenvalue weighted by Gasteiger charge is 2.05. The van der Waals surface area contributed by atoms with Crippen molar-refractivity contribution in [2.24, 2.45) is 0 Å². The Balaban J connectivity index is 2.47. The Kier molecular flexibility index (Phi) is 3.45. The summed E-state index contributed by atoms with van der Waals surface area (Å²) in [4.78, 5) is 11.2. The maximum atomic E-state index is 11.2. The highest BCUT2D eigenvalue weighted by molar-refractivity contribution is 5.76. The summed E-state index contributed by atoms with van der Waals surface area (Å²) in [7, 11) is 0. The van der Waals surface area contributed by atoms with Gasteiger partial charge in [0.05, 0.1) is 0 Å². The molecule has 0 aliphatic rings. The fourth-order valence-electron chi connectivity index (χ4n) is 1.10. The summed E-state index contributed by atoms with van der Waals surface area (Å²) in [6, 6.07) is 5.80. The van der Waals surface area contributed by atoms with Crippen LogP contribution in [0.3, 0.4) is 0 Å². The van der Waals surface area contributed by atoms with E-state index in [1.54, 1.807) is 0 Å². The number of Topliss-reactive ketones (excluding diaryl/α,β-unsaturated/α-hetero) is 1. The Hall–Kier alpha value is -1.18. The summed E-state index contributed by atoms with van der Waals surface area (Å²) in [5.74, 6) is 0.300. The number of carbonyl (C=O) groups excluding carboxylic acids is 1. The van der Waals surface area contributed by atoms with E-state index in [9.17, 15) is 4.79 Å². The summed E-state index contributed by atoms with van der Waals surface area (Å²) in [6.45, 7) is 2.53. The van der Waals surface area contributed by atoms with Gasteiger partial charge in [0.2, 0.25) is 6.54 Å². The highest BCUT2D eigenvalue weighted by atomic mass is 16.1. The molecule has 0 unspecified atom stereocenters. The molecule has 1 heterocycles. The Morgan fingerprint density at radius 3 is 2.50 bits per heavy atom. The lowest BCUT2D eigenvalue weighted by atomic mass is 10.2. The van der Waals surface area contributed by atoms with E-state index >= 15 is 0 Å². The minimum atomic E-state index is 0.300. The third-order valence-corrected chi connectivity index (χ3v) is 1.67. The van der Waals surface area contributed by atoms with Crippen LogP contribution in [0.4, 0.5) is 0 Å². The molecule has 0 aromatic carbocycles. The first kappa shape index (κ1) is 8.91. The van der Waals surface area contributed by atoms with Crippen molar-refractivity contribution in [2.75, 3.05) is 0 Å². The molecule has 0 radical (unpaired) electrons. The van der Waals surface area contributed by atoms with Crippen LogP contribution in [0.5, 0.6) is 0 Å². The Bertz CT molecular complexity index is 243. The van der Waals surface area contributed by atoms with Crippen molar-refractivity contribution in [3.05, 3.63) is 30.6 Å². The Morgan fingerprint density at radius 2 is 1.92 bits per heavy atom. The van der Waals surface area contributed by atoms with E-state index in [4.69, 9.17) is 0 Å². The molecule has 2 heteroatoms. The average Bonchev–Trinajstić information content (AvgIpc) is 2.06. The molecule has 1 aromatic rings. The number of pyridine rings is 1. The SMILES string of the molecule is CCCC(=O)C[n+]1ccccc1. The molecule has 64 valence electrons. The lowest BCUT2D eigenvalue weighted by Gasteiger charge is -1.93. The molecule has 0 spiro atoms. The molecule has 0 atom stereocenters. The smallest absolute Gasteiger partial charge is 0.206 e. The molecule has 0 fully saturated rings. The van der Waals surface area contributed by atoms with Gasteiger partial charge in [-0.3, -0.25) is 4.79 Å². The molecule has 1 rings (SSSR count). The van der Waals surface area contributed by atoms with Gasteiger partial charge < -0.3 is 0 Å². The number of ketones is 1. The molecule has 0 aliphatic carbocycles. The topological polar surface area (TPSA) is 20.9 Å². The minimum Gasteiger partial charge on any atom is -0.293 e. The number of carbonyl (C=O) groups is 1. The van der Waals surface area contributed by atoms with E-state index in [0.29, 0.717) is 18.7 Å². The molecular weight excluding hydrogens is 150 g/mol. The third kappa shape index (κ3) is 2.82. The number of hydrogen-bond donors (Lipinski definition) is 0. The van der Waals surface area contributed by atoms with E-state index in [1.165, 1.54) is 0 Å². The van der Waals surface area contributed by atoms with E-state index < -0.39 is 0 Å². The normalized spacial score (nSPS) is 9.75. The van der Waals surface area contributed by atoms with Gasteiger partial charge in [0.15, 0.2) is 18.2 Å². The second-order valence-electron chi connectivity index (χ2n) is 2.84. The van der Waals surface area contributed by atoms with Crippen molar-refractivity contribution >= 4 is 5.78 Å². The van der Waals surface area contributed by atoms with Crippen LogP contribution in [0.2, 0.25) is 0 Å². The molecule has 0 N–H and O–H groups in total. The first-order valence-electron chi connectivity index (χ1n) is 4.28. The molecule has 0 aliphatic heterocycles. The average molecular weight is 164 g/mol. The maximum Gasteiger partial charge on any atom is 0.206 e. The van der Waals surface area contributed by atoms with Crippen LogP contribution in [0.25, 0.3) is 0 Å². The first-order valence-corrected chi connectivity index (χ1v) is 4.28. The molecule has 0 saturated heterocycles. The molecule has 0 saturated carbocycles. The van der Waals surface area contributed by atoms with Gasteiger partial charge in [0, 0.05) is 18.6 Å². The van der Waals surface area contributed by atoms with Crippen molar-refractivity contribution in [1.29, 1.82) is 0 Å². The predicted octanol–water partition coefficient (Wildman–Crippen LogP) is 1.34. The Labute approximate surface area is 72.8 Å². The maximum absolute atomic E-state index is 11.2. The highest BCUT2D eigenvalue weighted by Crippen LogP contribution is 1.88. The second-order valence-corrected chi connectivity index (χ2v) is 2.84. The van der Waals surface area contributed by atoms with Crippen LogP contribution >= 0.6 is 0 Å². The van der Waals surface area contributed by atoms with Gasteiger partial charge in [-0.1, -0.05) is 13.0 Å². The second kappa shape index (κ2) is 4.65. The minimum absolute atomic E-state index is 0.300. The summed E-state index contributed by atoms with van der Waals surface area (Å²) in [5.41, 5.74) is 0. The zero-order valence-electron chi connectivity index (χ0n) is 7.36. The zero-order valence-corrected chi connectivity index (χ0v) is 7.36. The molecule has 1 aromatic heterocycles. The largest absolute Gasteiger partial charge is 0.293 e. The first-order chi connectivity index (χ1) is 5.83. The van der Waals surface area contributed by atoms with Crippen molar-refractivity contribution in [1.82, 2.24) is 0 Å². The van der Waals surface area contributed by atoms with Gasteiger partial charge in [-0.15, -0.1) is 0 Å². The standard InChI is InChI=1S/C10H14NO/c1-2-6-10(12)9-11-7-4-3-5-8-11/h3-5,7-8H,2,6,9H2,1H3/q+1. The number of nitrogens with zero attached hydrogens (tertiary/aromatic N) is 1. The summed E-state index contributed by atoms with van der Waals surface area (Å²) in [6.07, 6.45) is 5.44. The van der Waals surface area contributed by atoms with Gasteiger partial charge in [-0.05, 0) is 6.42 Å². The van der Waals surface area contributed by atoms with Crippen molar-refractivity contribution < 1.29 is 9.36 Å².